The van der Waals surface area contributed by atoms with Crippen LogP contribution in [-0.2, 0) is 11.3 Å². The Bertz CT molecular complexity index is 562. The Kier molecular flexibility index (Phi) is 4.04. The topological polar surface area (TPSA) is 46.9 Å². The first-order chi connectivity index (χ1) is 8.60. The largest absolute Gasteiger partial charge is 0.358 e. The molecule has 0 aliphatic carbocycles. The van der Waals surface area contributed by atoms with Gasteiger partial charge in [0.1, 0.15) is 12.4 Å². The quantitative estimate of drug-likeness (QED) is 0.941. The summed E-state index contributed by atoms with van der Waals surface area (Å²) in [5.74, 6) is 0.636. The van der Waals surface area contributed by atoms with Gasteiger partial charge in [0.2, 0.25) is 5.91 Å². The Morgan fingerprint density at radius 3 is 2.94 bits per heavy atom. The fourth-order valence-electron chi connectivity index (χ4n) is 1.61. The molecule has 2 aromatic rings. The maximum absolute atomic E-state index is 11.4. The number of imidazole rings is 1. The Morgan fingerprint density at radius 2 is 2.28 bits per heavy atom. The number of halogens is 2. The fourth-order valence-corrected chi connectivity index (χ4v) is 2.47. The number of amides is 1. The second kappa shape index (κ2) is 5.54. The number of carbonyl (C=O) groups excluding carboxylic acids is 1. The molecular formula is C12H11BrClN3O. The highest BCUT2D eigenvalue weighted by Crippen LogP contribution is 2.26. The number of aromatic nitrogens is 2. The smallest absolute Gasteiger partial charge is 0.239 e. The summed E-state index contributed by atoms with van der Waals surface area (Å²) < 4.78 is 2.65. The van der Waals surface area contributed by atoms with E-state index in [2.05, 4.69) is 26.2 Å². The molecule has 0 atom stereocenters. The molecule has 1 aromatic heterocycles. The molecule has 94 valence electrons. The molecule has 0 aliphatic rings. The van der Waals surface area contributed by atoms with E-state index in [1.54, 1.807) is 30.1 Å². The van der Waals surface area contributed by atoms with E-state index in [9.17, 15) is 4.79 Å². The first-order valence-corrected chi connectivity index (χ1v) is 6.45. The van der Waals surface area contributed by atoms with E-state index in [-0.39, 0.29) is 12.5 Å². The van der Waals surface area contributed by atoms with Gasteiger partial charge in [-0.15, -0.1) is 0 Å². The lowest BCUT2D eigenvalue weighted by Gasteiger charge is -2.07. The number of hydrogen-bond donors (Lipinski definition) is 1. The molecule has 2 rings (SSSR count). The van der Waals surface area contributed by atoms with Crippen molar-refractivity contribution in [1.29, 1.82) is 0 Å². The van der Waals surface area contributed by atoms with E-state index >= 15 is 0 Å². The van der Waals surface area contributed by atoms with Gasteiger partial charge >= 0.3 is 0 Å². The lowest BCUT2D eigenvalue weighted by molar-refractivity contribution is -0.121. The zero-order valence-electron chi connectivity index (χ0n) is 9.65. The number of benzene rings is 1. The van der Waals surface area contributed by atoms with Gasteiger partial charge in [-0.1, -0.05) is 27.5 Å². The summed E-state index contributed by atoms with van der Waals surface area (Å²) in [5.41, 5.74) is 0.864. The van der Waals surface area contributed by atoms with Crippen LogP contribution < -0.4 is 5.32 Å². The van der Waals surface area contributed by atoms with Crippen molar-refractivity contribution in [2.45, 2.75) is 6.54 Å². The molecule has 1 aromatic carbocycles. The number of hydrogen-bond acceptors (Lipinski definition) is 2. The number of likely N-dealkylation sites (N-methyl/N-ethyl adjacent to an activating group) is 1. The van der Waals surface area contributed by atoms with Crippen molar-refractivity contribution < 1.29 is 4.79 Å². The monoisotopic (exact) mass is 327 g/mol. The molecule has 1 N–H and O–H groups in total. The van der Waals surface area contributed by atoms with Gasteiger partial charge in [0, 0.05) is 34.5 Å². The highest BCUT2D eigenvalue weighted by Gasteiger charge is 2.10. The van der Waals surface area contributed by atoms with Crippen LogP contribution in [0.3, 0.4) is 0 Å². The average molecular weight is 329 g/mol. The van der Waals surface area contributed by atoms with Gasteiger partial charge in [-0.3, -0.25) is 4.79 Å². The highest BCUT2D eigenvalue weighted by molar-refractivity contribution is 9.10. The number of nitrogens with zero attached hydrogens (tertiary/aromatic N) is 2. The van der Waals surface area contributed by atoms with Crippen molar-refractivity contribution in [2.75, 3.05) is 7.05 Å². The van der Waals surface area contributed by atoms with Crippen molar-refractivity contribution in [2.24, 2.45) is 0 Å². The van der Waals surface area contributed by atoms with Gasteiger partial charge in [0.15, 0.2) is 0 Å². The van der Waals surface area contributed by atoms with Crippen LogP contribution in [-0.4, -0.2) is 22.5 Å². The van der Waals surface area contributed by atoms with E-state index in [1.165, 1.54) is 0 Å². The molecule has 0 bridgehead atoms. The van der Waals surface area contributed by atoms with Crippen LogP contribution >= 0.6 is 27.5 Å². The van der Waals surface area contributed by atoms with Crippen molar-refractivity contribution >= 4 is 33.4 Å². The van der Waals surface area contributed by atoms with Crippen LogP contribution in [0.4, 0.5) is 0 Å². The highest BCUT2D eigenvalue weighted by atomic mass is 79.9. The first-order valence-electron chi connectivity index (χ1n) is 5.28. The molecule has 6 heteroatoms. The lowest BCUT2D eigenvalue weighted by atomic mass is 10.2. The zero-order valence-corrected chi connectivity index (χ0v) is 12.0. The van der Waals surface area contributed by atoms with Crippen LogP contribution in [0.2, 0.25) is 5.02 Å². The normalized spacial score (nSPS) is 10.4. The van der Waals surface area contributed by atoms with E-state index < -0.39 is 0 Å². The molecule has 0 aliphatic heterocycles. The lowest BCUT2D eigenvalue weighted by Crippen LogP contribution is -2.23. The summed E-state index contributed by atoms with van der Waals surface area (Å²) in [5, 5.41) is 3.20. The summed E-state index contributed by atoms with van der Waals surface area (Å²) in [6.45, 7) is 0.232. The van der Waals surface area contributed by atoms with E-state index in [1.807, 2.05) is 12.1 Å². The number of carbonyl (C=O) groups is 1. The van der Waals surface area contributed by atoms with Gasteiger partial charge in [-0.2, -0.15) is 0 Å². The number of rotatable bonds is 3. The average Bonchev–Trinajstić information content (AvgIpc) is 2.75. The summed E-state index contributed by atoms with van der Waals surface area (Å²) in [4.78, 5) is 15.7. The second-order valence-electron chi connectivity index (χ2n) is 3.71. The molecule has 1 heterocycles. The van der Waals surface area contributed by atoms with Crippen molar-refractivity contribution in [3.63, 3.8) is 0 Å². The van der Waals surface area contributed by atoms with Crippen molar-refractivity contribution in [3.8, 4) is 11.4 Å². The predicted octanol–water partition coefficient (Wildman–Crippen LogP) is 2.71. The molecular weight excluding hydrogens is 318 g/mol. The first kappa shape index (κ1) is 13.1. The minimum absolute atomic E-state index is 0.0738. The predicted molar refractivity (Wildman–Crippen MR) is 74.4 cm³/mol. The molecule has 0 fully saturated rings. The van der Waals surface area contributed by atoms with Crippen LogP contribution in [0.25, 0.3) is 11.4 Å². The number of nitrogens with one attached hydrogen (secondary N) is 1. The standard InChI is InChI=1S/C12H11BrClN3O/c1-15-11(18)7-17-3-2-16-12(17)8-4-9(13)6-10(14)5-8/h2-6H,7H2,1H3,(H,15,18). The van der Waals surface area contributed by atoms with Crippen molar-refractivity contribution in [1.82, 2.24) is 14.9 Å². The Balaban J connectivity index is 2.39. The van der Waals surface area contributed by atoms with E-state index in [0.29, 0.717) is 10.8 Å². The molecule has 0 radical (unpaired) electrons. The third kappa shape index (κ3) is 2.91. The molecule has 1 amide bonds. The molecule has 0 unspecified atom stereocenters. The Labute approximate surface area is 118 Å². The van der Waals surface area contributed by atoms with Gasteiger partial charge in [-0.05, 0) is 18.2 Å². The zero-order chi connectivity index (χ0) is 13.1. The summed E-state index contributed by atoms with van der Waals surface area (Å²) in [7, 11) is 1.61. The summed E-state index contributed by atoms with van der Waals surface area (Å²) in [6.07, 6.45) is 3.42. The maximum Gasteiger partial charge on any atom is 0.239 e. The SMILES string of the molecule is CNC(=O)Cn1ccnc1-c1cc(Cl)cc(Br)c1. The Morgan fingerprint density at radius 1 is 1.50 bits per heavy atom. The summed E-state index contributed by atoms with van der Waals surface area (Å²) in [6, 6.07) is 5.53. The molecule has 0 saturated heterocycles. The van der Waals surface area contributed by atoms with Crippen LogP contribution in [0.15, 0.2) is 35.1 Å². The van der Waals surface area contributed by atoms with Gasteiger partial charge < -0.3 is 9.88 Å². The van der Waals surface area contributed by atoms with Crippen molar-refractivity contribution in [3.05, 3.63) is 40.1 Å². The third-order valence-corrected chi connectivity index (χ3v) is 3.11. The molecule has 0 spiro atoms. The molecule has 0 saturated carbocycles. The van der Waals surface area contributed by atoms with E-state index in [4.69, 9.17) is 11.6 Å². The van der Waals surface area contributed by atoms with Crippen LogP contribution in [0, 0.1) is 0 Å². The van der Waals surface area contributed by atoms with Gasteiger partial charge in [0.25, 0.3) is 0 Å². The second-order valence-corrected chi connectivity index (χ2v) is 5.06. The molecule has 18 heavy (non-hydrogen) atoms. The van der Waals surface area contributed by atoms with Crippen LogP contribution in [0.5, 0.6) is 0 Å². The van der Waals surface area contributed by atoms with Crippen LogP contribution in [0.1, 0.15) is 0 Å². The fraction of sp³-hybridized carbons (Fsp3) is 0.167. The summed E-state index contributed by atoms with van der Waals surface area (Å²) >= 11 is 9.39. The van der Waals surface area contributed by atoms with E-state index in [0.717, 1.165) is 10.0 Å². The Hall–Kier alpha value is -1.33. The minimum atomic E-state index is -0.0738. The maximum atomic E-state index is 11.4. The van der Waals surface area contributed by atoms with Gasteiger partial charge in [-0.25, -0.2) is 4.98 Å². The molecule has 4 nitrogen and oxygen atoms in total. The third-order valence-electron chi connectivity index (χ3n) is 2.43. The van der Waals surface area contributed by atoms with Gasteiger partial charge in [0.05, 0.1) is 0 Å². The minimum Gasteiger partial charge on any atom is -0.358 e.